The molecule has 0 aliphatic carbocycles. The molecule has 2 N–H and O–H groups in total. The number of ketones is 1. The van der Waals surface area contributed by atoms with Crippen LogP contribution in [0.25, 0.3) is 0 Å². The van der Waals surface area contributed by atoms with Crippen molar-refractivity contribution in [3.05, 3.63) is 23.8 Å². The Morgan fingerprint density at radius 2 is 2.33 bits per heavy atom. The highest BCUT2D eigenvalue weighted by atomic mass is 16.5. The summed E-state index contributed by atoms with van der Waals surface area (Å²) >= 11 is 0. The molecule has 0 aromatic heterocycles. The van der Waals surface area contributed by atoms with E-state index in [2.05, 4.69) is 11.8 Å². The predicted molar refractivity (Wildman–Crippen MR) is 73.1 cm³/mol. The Morgan fingerprint density at radius 3 is 2.94 bits per heavy atom. The minimum absolute atomic E-state index is 0.00691. The number of rotatable bonds is 3. The Labute approximate surface area is 108 Å². The fourth-order valence-electron chi connectivity index (χ4n) is 2.27. The largest absolute Gasteiger partial charge is 0.398 e. The summed E-state index contributed by atoms with van der Waals surface area (Å²) < 4.78 is 5.64. The van der Waals surface area contributed by atoms with Crippen LogP contribution in [-0.4, -0.2) is 31.6 Å². The van der Waals surface area contributed by atoms with Gasteiger partial charge in [0.25, 0.3) is 0 Å². The second-order valence-corrected chi connectivity index (χ2v) is 4.67. The maximum atomic E-state index is 11.3. The predicted octanol–water partition coefficient (Wildman–Crippen LogP) is 2.09. The van der Waals surface area contributed by atoms with E-state index in [1.807, 2.05) is 18.2 Å². The number of benzene rings is 1. The van der Waals surface area contributed by atoms with Crippen molar-refractivity contribution in [3.63, 3.8) is 0 Å². The third-order valence-corrected chi connectivity index (χ3v) is 3.37. The molecule has 0 radical (unpaired) electrons. The number of ether oxygens (including phenoxy) is 1. The number of hydrogen-bond donors (Lipinski definition) is 1. The van der Waals surface area contributed by atoms with Gasteiger partial charge in [0.15, 0.2) is 5.78 Å². The number of carbonyl (C=O) groups is 1. The van der Waals surface area contributed by atoms with Gasteiger partial charge in [0.05, 0.1) is 12.7 Å². The van der Waals surface area contributed by atoms with E-state index in [1.54, 1.807) is 0 Å². The van der Waals surface area contributed by atoms with E-state index in [4.69, 9.17) is 10.5 Å². The van der Waals surface area contributed by atoms with Gasteiger partial charge in [-0.1, -0.05) is 6.92 Å². The molecule has 0 bridgehead atoms. The molecular weight excluding hydrogens is 228 g/mol. The highest BCUT2D eigenvalue weighted by Crippen LogP contribution is 2.24. The number of Topliss-reactive ketones (excluding diaryl/α,β-unsaturated/α-hetero) is 1. The van der Waals surface area contributed by atoms with E-state index in [1.165, 1.54) is 6.92 Å². The molecule has 4 heteroatoms. The van der Waals surface area contributed by atoms with Gasteiger partial charge in [-0.3, -0.25) is 4.79 Å². The molecule has 1 aromatic carbocycles. The molecule has 2 rings (SSSR count). The first-order valence-corrected chi connectivity index (χ1v) is 6.38. The molecule has 4 nitrogen and oxygen atoms in total. The van der Waals surface area contributed by atoms with Gasteiger partial charge in [0.1, 0.15) is 0 Å². The van der Waals surface area contributed by atoms with Crippen molar-refractivity contribution >= 4 is 17.2 Å². The van der Waals surface area contributed by atoms with Crippen LogP contribution in [0.4, 0.5) is 11.4 Å². The summed E-state index contributed by atoms with van der Waals surface area (Å²) in [6, 6.07) is 5.66. The summed E-state index contributed by atoms with van der Waals surface area (Å²) in [7, 11) is 0. The third-order valence-electron chi connectivity index (χ3n) is 3.37. The van der Waals surface area contributed by atoms with E-state index < -0.39 is 0 Å². The van der Waals surface area contributed by atoms with Crippen molar-refractivity contribution in [2.24, 2.45) is 0 Å². The maximum Gasteiger partial charge on any atom is 0.161 e. The standard InChI is InChI=1S/C14H20N2O2/c1-3-12-9-16(6-7-18-12)11-4-5-13(10(2)17)14(15)8-11/h4-5,8,12H,3,6-7,9,15H2,1-2H3. The molecule has 98 valence electrons. The fraction of sp³-hybridized carbons (Fsp3) is 0.500. The van der Waals surface area contributed by atoms with Gasteiger partial charge >= 0.3 is 0 Å². The van der Waals surface area contributed by atoms with E-state index in [0.29, 0.717) is 11.3 Å². The average Bonchev–Trinajstić information content (AvgIpc) is 2.38. The third kappa shape index (κ3) is 2.64. The van der Waals surface area contributed by atoms with E-state index >= 15 is 0 Å². The van der Waals surface area contributed by atoms with Gasteiger partial charge in [0.2, 0.25) is 0 Å². The Bertz CT molecular complexity index is 445. The summed E-state index contributed by atoms with van der Waals surface area (Å²) in [6.45, 7) is 6.16. The normalized spacial score (nSPS) is 19.9. The van der Waals surface area contributed by atoms with Gasteiger partial charge in [-0.2, -0.15) is 0 Å². The molecule has 18 heavy (non-hydrogen) atoms. The summed E-state index contributed by atoms with van der Waals surface area (Å²) in [4.78, 5) is 13.6. The topological polar surface area (TPSA) is 55.6 Å². The Balaban J connectivity index is 2.18. The maximum absolute atomic E-state index is 11.3. The summed E-state index contributed by atoms with van der Waals surface area (Å²) in [6.07, 6.45) is 1.30. The second kappa shape index (κ2) is 5.40. The Morgan fingerprint density at radius 1 is 1.56 bits per heavy atom. The van der Waals surface area contributed by atoms with Crippen molar-refractivity contribution < 1.29 is 9.53 Å². The van der Waals surface area contributed by atoms with Crippen molar-refractivity contribution in [2.75, 3.05) is 30.3 Å². The van der Waals surface area contributed by atoms with Crippen molar-refractivity contribution in [1.29, 1.82) is 0 Å². The lowest BCUT2D eigenvalue weighted by atomic mass is 10.1. The lowest BCUT2D eigenvalue weighted by Crippen LogP contribution is -2.42. The average molecular weight is 248 g/mol. The van der Waals surface area contributed by atoms with Crippen LogP contribution in [0.15, 0.2) is 18.2 Å². The zero-order valence-corrected chi connectivity index (χ0v) is 11.0. The quantitative estimate of drug-likeness (QED) is 0.657. The highest BCUT2D eigenvalue weighted by Gasteiger charge is 2.19. The molecule has 1 aromatic rings. The second-order valence-electron chi connectivity index (χ2n) is 4.67. The number of nitrogens with zero attached hydrogens (tertiary/aromatic N) is 1. The molecule has 1 aliphatic heterocycles. The van der Waals surface area contributed by atoms with Crippen LogP contribution in [0.1, 0.15) is 30.6 Å². The lowest BCUT2D eigenvalue weighted by Gasteiger charge is -2.34. The first kappa shape index (κ1) is 12.9. The van der Waals surface area contributed by atoms with Crippen LogP contribution in [0, 0.1) is 0 Å². The SMILES string of the molecule is CCC1CN(c2ccc(C(C)=O)c(N)c2)CCO1. The molecule has 1 saturated heterocycles. The summed E-state index contributed by atoms with van der Waals surface area (Å²) in [5.41, 5.74) is 8.14. The van der Waals surface area contributed by atoms with E-state index in [-0.39, 0.29) is 11.9 Å². The number of nitrogen functional groups attached to an aromatic ring is 1. The zero-order valence-electron chi connectivity index (χ0n) is 11.0. The number of carbonyl (C=O) groups excluding carboxylic acids is 1. The van der Waals surface area contributed by atoms with Gasteiger partial charge < -0.3 is 15.4 Å². The molecule has 1 fully saturated rings. The van der Waals surface area contributed by atoms with Crippen LogP contribution in [0.2, 0.25) is 0 Å². The lowest BCUT2D eigenvalue weighted by molar-refractivity contribution is 0.0384. The first-order valence-electron chi connectivity index (χ1n) is 6.38. The van der Waals surface area contributed by atoms with Crippen LogP contribution >= 0.6 is 0 Å². The monoisotopic (exact) mass is 248 g/mol. The van der Waals surface area contributed by atoms with Crippen molar-refractivity contribution in [3.8, 4) is 0 Å². The number of anilines is 2. The fourth-order valence-corrected chi connectivity index (χ4v) is 2.27. The minimum atomic E-state index is 0.00691. The first-order chi connectivity index (χ1) is 8.61. The zero-order chi connectivity index (χ0) is 13.1. The molecular formula is C14H20N2O2. The summed E-state index contributed by atoms with van der Waals surface area (Å²) in [5, 5.41) is 0. The van der Waals surface area contributed by atoms with E-state index in [9.17, 15) is 4.79 Å². The number of morpholine rings is 1. The Hall–Kier alpha value is -1.55. The summed E-state index contributed by atoms with van der Waals surface area (Å²) in [5.74, 6) is 0.00691. The van der Waals surface area contributed by atoms with Crippen LogP contribution in [-0.2, 0) is 4.74 Å². The minimum Gasteiger partial charge on any atom is -0.398 e. The Kier molecular flexibility index (Phi) is 3.87. The molecule has 0 spiro atoms. The molecule has 1 aliphatic rings. The van der Waals surface area contributed by atoms with Crippen LogP contribution in [0.3, 0.4) is 0 Å². The number of hydrogen-bond acceptors (Lipinski definition) is 4. The van der Waals surface area contributed by atoms with Gasteiger partial charge in [-0.25, -0.2) is 0 Å². The van der Waals surface area contributed by atoms with Gasteiger partial charge in [-0.15, -0.1) is 0 Å². The van der Waals surface area contributed by atoms with Gasteiger partial charge in [0, 0.05) is 30.0 Å². The van der Waals surface area contributed by atoms with E-state index in [0.717, 1.165) is 31.8 Å². The molecule has 0 amide bonds. The van der Waals surface area contributed by atoms with Gasteiger partial charge in [-0.05, 0) is 31.5 Å². The van der Waals surface area contributed by atoms with Crippen molar-refractivity contribution in [1.82, 2.24) is 0 Å². The molecule has 0 saturated carbocycles. The number of nitrogens with two attached hydrogens (primary N) is 1. The van der Waals surface area contributed by atoms with Crippen LogP contribution < -0.4 is 10.6 Å². The smallest absolute Gasteiger partial charge is 0.161 e. The van der Waals surface area contributed by atoms with Crippen molar-refractivity contribution in [2.45, 2.75) is 26.4 Å². The highest BCUT2D eigenvalue weighted by molar-refractivity contribution is 5.99. The molecule has 1 heterocycles. The molecule has 1 atom stereocenters. The van der Waals surface area contributed by atoms with Crippen LogP contribution in [0.5, 0.6) is 0 Å². The molecule has 1 unspecified atom stereocenters.